The summed E-state index contributed by atoms with van der Waals surface area (Å²) in [5, 5.41) is 19.5. The number of H-pyrrole nitrogens is 1. The summed E-state index contributed by atoms with van der Waals surface area (Å²) in [6, 6.07) is 0. The van der Waals surface area contributed by atoms with Crippen LogP contribution in [0, 0.1) is 0 Å². The van der Waals surface area contributed by atoms with E-state index in [-0.39, 0.29) is 0 Å². The molecule has 1 aromatic heterocycles. The van der Waals surface area contributed by atoms with Crippen molar-refractivity contribution in [1.29, 1.82) is 0 Å². The van der Waals surface area contributed by atoms with Gasteiger partial charge >= 0.3 is 6.09 Å². The fourth-order valence-corrected chi connectivity index (χ4v) is 1.54. The predicted molar refractivity (Wildman–Crippen MR) is 58.1 cm³/mol. The lowest BCUT2D eigenvalue weighted by molar-refractivity contribution is 0.0396. The zero-order valence-corrected chi connectivity index (χ0v) is 10.1. The molecule has 1 aliphatic rings. The highest BCUT2D eigenvalue weighted by molar-refractivity contribution is 5.69. The molecule has 0 unspecified atom stereocenters. The Balaban J connectivity index is 2.04. The number of rotatable bonds is 2. The van der Waals surface area contributed by atoms with Gasteiger partial charge in [0.2, 0.25) is 5.82 Å². The average molecular weight is 240 g/mol. The molecule has 0 aliphatic carbocycles. The average Bonchev–Trinajstić information content (AvgIpc) is 2.60. The molecule has 0 bridgehead atoms. The van der Waals surface area contributed by atoms with Gasteiger partial charge in [0.25, 0.3) is 0 Å². The molecule has 94 valence electrons. The van der Waals surface area contributed by atoms with Crippen LogP contribution in [0.15, 0.2) is 0 Å². The van der Waals surface area contributed by atoms with Crippen molar-refractivity contribution in [3.05, 3.63) is 5.82 Å². The zero-order chi connectivity index (χ0) is 12.5. The number of tetrazole rings is 1. The lowest BCUT2D eigenvalue weighted by Crippen LogP contribution is -2.67. The summed E-state index contributed by atoms with van der Waals surface area (Å²) in [5.74, 6) is 0.460. The third-order valence-corrected chi connectivity index (χ3v) is 2.37. The summed E-state index contributed by atoms with van der Waals surface area (Å²) in [4.78, 5) is 11.7. The van der Waals surface area contributed by atoms with Crippen LogP contribution in [0.25, 0.3) is 0 Å². The van der Waals surface area contributed by atoms with E-state index in [1.165, 1.54) is 0 Å². The molecule has 8 nitrogen and oxygen atoms in total. The summed E-state index contributed by atoms with van der Waals surface area (Å²) in [6.45, 7) is 6.56. The Labute approximate surface area is 98.5 Å². The number of hydrogen-bond donors (Lipinski definition) is 3. The second kappa shape index (κ2) is 3.95. The predicted octanol–water partition coefficient (Wildman–Crippen LogP) is -0.477. The number of alkyl carbamates (subject to hydrolysis) is 1. The highest BCUT2D eigenvalue weighted by Gasteiger charge is 2.44. The summed E-state index contributed by atoms with van der Waals surface area (Å²) in [6.07, 6.45) is -0.483. The fourth-order valence-electron chi connectivity index (χ4n) is 1.54. The van der Waals surface area contributed by atoms with Crippen LogP contribution in [0.1, 0.15) is 26.6 Å². The van der Waals surface area contributed by atoms with E-state index in [1.807, 2.05) is 20.8 Å². The minimum atomic E-state index is -0.616. The lowest BCUT2D eigenvalue weighted by atomic mass is 9.92. The first-order valence-corrected chi connectivity index (χ1v) is 5.37. The monoisotopic (exact) mass is 240 g/mol. The van der Waals surface area contributed by atoms with Crippen LogP contribution in [0.4, 0.5) is 4.79 Å². The minimum Gasteiger partial charge on any atom is -0.444 e. The van der Waals surface area contributed by atoms with Crippen LogP contribution in [-0.4, -0.2) is 45.4 Å². The van der Waals surface area contributed by atoms with Crippen molar-refractivity contribution in [2.75, 3.05) is 13.1 Å². The van der Waals surface area contributed by atoms with E-state index in [0.29, 0.717) is 18.9 Å². The third-order valence-electron chi connectivity index (χ3n) is 2.37. The Hall–Kier alpha value is -1.70. The van der Waals surface area contributed by atoms with Crippen molar-refractivity contribution in [3.8, 4) is 0 Å². The number of aromatic nitrogens is 4. The number of amides is 1. The molecule has 1 aliphatic heterocycles. The van der Waals surface area contributed by atoms with Crippen LogP contribution >= 0.6 is 0 Å². The van der Waals surface area contributed by atoms with E-state index in [0.717, 1.165) is 0 Å². The largest absolute Gasteiger partial charge is 0.444 e. The van der Waals surface area contributed by atoms with Gasteiger partial charge in [0.05, 0.1) is 0 Å². The molecular formula is C9H16N6O2. The Morgan fingerprint density at radius 2 is 2.18 bits per heavy atom. The lowest BCUT2D eigenvalue weighted by Gasteiger charge is -2.40. The number of aromatic amines is 1. The Morgan fingerprint density at radius 1 is 1.47 bits per heavy atom. The summed E-state index contributed by atoms with van der Waals surface area (Å²) in [5.41, 5.74) is -1.14. The van der Waals surface area contributed by atoms with Crippen molar-refractivity contribution >= 4 is 6.09 Å². The van der Waals surface area contributed by atoms with Crippen molar-refractivity contribution in [2.24, 2.45) is 0 Å². The van der Waals surface area contributed by atoms with E-state index in [4.69, 9.17) is 4.74 Å². The molecule has 3 N–H and O–H groups in total. The summed E-state index contributed by atoms with van der Waals surface area (Å²) >= 11 is 0. The molecule has 1 aromatic rings. The van der Waals surface area contributed by atoms with Gasteiger partial charge in [0.15, 0.2) is 0 Å². The molecule has 0 radical (unpaired) electrons. The van der Waals surface area contributed by atoms with Crippen LogP contribution in [0.2, 0.25) is 0 Å². The summed E-state index contributed by atoms with van der Waals surface area (Å²) in [7, 11) is 0. The van der Waals surface area contributed by atoms with E-state index < -0.39 is 17.2 Å². The van der Waals surface area contributed by atoms with Gasteiger partial charge in [-0.25, -0.2) is 4.79 Å². The Kier molecular flexibility index (Phi) is 2.74. The number of carbonyl (C=O) groups excluding carboxylic acids is 1. The molecule has 2 rings (SSSR count). The standard InChI is InChI=1S/C9H16N6O2/c1-8(2,3)17-7(16)11-9(4-10-5-9)6-12-14-15-13-6/h10H,4-5H2,1-3H3,(H,11,16)(H,12,13,14,15). The van der Waals surface area contributed by atoms with Gasteiger partial charge in [-0.2, -0.15) is 5.21 Å². The van der Waals surface area contributed by atoms with Crippen LogP contribution in [0.3, 0.4) is 0 Å². The first kappa shape index (κ1) is 11.8. The van der Waals surface area contributed by atoms with Gasteiger partial charge in [0.1, 0.15) is 11.1 Å². The maximum Gasteiger partial charge on any atom is 0.408 e. The van der Waals surface area contributed by atoms with Gasteiger partial charge in [-0.3, -0.25) is 0 Å². The van der Waals surface area contributed by atoms with Gasteiger partial charge in [-0.1, -0.05) is 5.21 Å². The van der Waals surface area contributed by atoms with Gasteiger partial charge in [-0.15, -0.1) is 10.2 Å². The Bertz CT molecular complexity index is 392. The SMILES string of the molecule is CC(C)(C)OC(=O)NC1(c2nn[nH]n2)CNC1. The van der Waals surface area contributed by atoms with Crippen molar-refractivity contribution in [2.45, 2.75) is 31.9 Å². The molecule has 1 amide bonds. The normalized spacial score (nSPS) is 18.3. The second-order valence-electron chi connectivity index (χ2n) is 5.05. The molecule has 8 heteroatoms. The van der Waals surface area contributed by atoms with Crippen LogP contribution < -0.4 is 10.6 Å². The number of carbonyl (C=O) groups is 1. The van der Waals surface area contributed by atoms with Crippen molar-refractivity contribution in [1.82, 2.24) is 31.3 Å². The van der Waals surface area contributed by atoms with Gasteiger partial charge in [-0.05, 0) is 20.8 Å². The first-order chi connectivity index (χ1) is 7.91. The van der Waals surface area contributed by atoms with E-state index in [2.05, 4.69) is 31.3 Å². The van der Waals surface area contributed by atoms with E-state index in [1.54, 1.807) is 0 Å². The quantitative estimate of drug-likeness (QED) is 0.645. The van der Waals surface area contributed by atoms with Gasteiger partial charge in [0, 0.05) is 13.1 Å². The molecule has 0 spiro atoms. The molecule has 2 heterocycles. The van der Waals surface area contributed by atoms with Crippen molar-refractivity contribution < 1.29 is 9.53 Å². The summed E-state index contributed by atoms with van der Waals surface area (Å²) < 4.78 is 5.20. The van der Waals surface area contributed by atoms with E-state index >= 15 is 0 Å². The number of nitrogens with zero attached hydrogens (tertiary/aromatic N) is 3. The smallest absolute Gasteiger partial charge is 0.408 e. The third kappa shape index (κ3) is 2.52. The minimum absolute atomic E-state index is 0.460. The van der Waals surface area contributed by atoms with Crippen molar-refractivity contribution in [3.63, 3.8) is 0 Å². The molecule has 0 aromatic carbocycles. The number of hydrogen-bond acceptors (Lipinski definition) is 6. The molecular weight excluding hydrogens is 224 g/mol. The molecule has 0 atom stereocenters. The highest BCUT2D eigenvalue weighted by Crippen LogP contribution is 2.22. The Morgan fingerprint density at radius 3 is 2.59 bits per heavy atom. The maximum absolute atomic E-state index is 11.7. The second-order valence-corrected chi connectivity index (χ2v) is 5.05. The number of nitrogens with one attached hydrogen (secondary N) is 3. The molecule has 1 fully saturated rings. The first-order valence-electron chi connectivity index (χ1n) is 5.37. The fraction of sp³-hybridized carbons (Fsp3) is 0.778. The zero-order valence-electron chi connectivity index (χ0n) is 10.1. The van der Waals surface area contributed by atoms with Crippen LogP contribution in [-0.2, 0) is 10.3 Å². The topological polar surface area (TPSA) is 105 Å². The highest BCUT2D eigenvalue weighted by atomic mass is 16.6. The molecule has 1 saturated heterocycles. The molecule has 17 heavy (non-hydrogen) atoms. The van der Waals surface area contributed by atoms with E-state index in [9.17, 15) is 4.79 Å². The van der Waals surface area contributed by atoms with Gasteiger partial charge < -0.3 is 15.4 Å². The molecule has 0 saturated carbocycles. The maximum atomic E-state index is 11.7. The van der Waals surface area contributed by atoms with Crippen LogP contribution in [0.5, 0.6) is 0 Å². The number of ether oxygens (including phenoxy) is 1.